The number of nitrogens with two attached hydrogens (primary N) is 1. The number of amides is 1. The molecule has 0 aromatic heterocycles. The van der Waals surface area contributed by atoms with E-state index in [0.717, 1.165) is 18.6 Å². The molecule has 1 amide bonds. The molecule has 0 fully saturated rings. The Morgan fingerprint density at radius 3 is 2.68 bits per heavy atom. The summed E-state index contributed by atoms with van der Waals surface area (Å²) in [6, 6.07) is 3.43. The maximum Gasteiger partial charge on any atom is 0.338 e. The van der Waals surface area contributed by atoms with Crippen molar-refractivity contribution in [3.05, 3.63) is 29.6 Å². The molecule has 1 rings (SSSR count). The average Bonchev–Trinajstić information content (AvgIpc) is 2.37. The smallest absolute Gasteiger partial charge is 0.338 e. The molecule has 4 N–H and O–H groups in total. The summed E-state index contributed by atoms with van der Waals surface area (Å²) in [5.74, 6) is -2.39. The number of benzene rings is 1. The fourth-order valence-electron chi connectivity index (χ4n) is 1.64. The van der Waals surface area contributed by atoms with E-state index < -0.39 is 17.3 Å². The Bertz CT molecular complexity index is 473. The number of hydrogen-bond acceptors (Lipinski definition) is 3. The van der Waals surface area contributed by atoms with Crippen molar-refractivity contribution in [1.82, 2.24) is 0 Å². The fourth-order valence-corrected chi connectivity index (χ4v) is 1.64. The Hall–Kier alpha value is -1.95. The van der Waals surface area contributed by atoms with Crippen LogP contribution in [-0.4, -0.2) is 23.5 Å². The van der Waals surface area contributed by atoms with Crippen molar-refractivity contribution in [3.63, 3.8) is 0 Å². The van der Waals surface area contributed by atoms with Crippen LogP contribution in [0.2, 0.25) is 0 Å². The van der Waals surface area contributed by atoms with E-state index in [1.165, 1.54) is 6.07 Å². The molecule has 0 bridgehead atoms. The molecule has 0 aliphatic carbocycles. The van der Waals surface area contributed by atoms with Gasteiger partial charge in [0.2, 0.25) is 5.91 Å². The molecular weight excluding hydrogens is 251 g/mol. The highest BCUT2D eigenvalue weighted by atomic mass is 19.1. The number of carboxylic acid groups (broad SMARTS) is 1. The number of aromatic carboxylic acids is 1. The van der Waals surface area contributed by atoms with E-state index in [4.69, 9.17) is 10.8 Å². The van der Waals surface area contributed by atoms with Gasteiger partial charge in [-0.3, -0.25) is 4.79 Å². The monoisotopic (exact) mass is 268 g/mol. The van der Waals surface area contributed by atoms with E-state index in [1.807, 2.05) is 6.92 Å². The van der Waals surface area contributed by atoms with Crippen LogP contribution >= 0.6 is 0 Å². The van der Waals surface area contributed by atoms with Crippen LogP contribution in [0.15, 0.2) is 18.2 Å². The lowest BCUT2D eigenvalue weighted by atomic mass is 10.0. The lowest BCUT2D eigenvalue weighted by molar-refractivity contribution is -0.117. The van der Waals surface area contributed by atoms with Gasteiger partial charge in [-0.25, -0.2) is 9.18 Å². The number of halogens is 1. The van der Waals surface area contributed by atoms with Crippen LogP contribution in [0.1, 0.15) is 30.1 Å². The number of carbonyl (C=O) groups is 2. The first kappa shape index (κ1) is 15.1. The zero-order valence-corrected chi connectivity index (χ0v) is 10.6. The highest BCUT2D eigenvalue weighted by molar-refractivity contribution is 5.94. The van der Waals surface area contributed by atoms with Gasteiger partial charge in [-0.1, -0.05) is 13.3 Å². The summed E-state index contributed by atoms with van der Waals surface area (Å²) in [7, 11) is 0. The summed E-state index contributed by atoms with van der Waals surface area (Å²) in [4.78, 5) is 22.5. The van der Waals surface area contributed by atoms with Gasteiger partial charge in [0.15, 0.2) is 0 Å². The van der Waals surface area contributed by atoms with Gasteiger partial charge in [0.05, 0.1) is 5.56 Å². The molecule has 1 aromatic rings. The topological polar surface area (TPSA) is 92.4 Å². The number of carbonyl (C=O) groups excluding carboxylic acids is 1. The Morgan fingerprint density at radius 1 is 1.47 bits per heavy atom. The minimum absolute atomic E-state index is 0.0828. The number of nitrogens with one attached hydrogen (secondary N) is 1. The number of rotatable bonds is 6. The molecule has 19 heavy (non-hydrogen) atoms. The first-order chi connectivity index (χ1) is 8.97. The number of carboxylic acids is 1. The molecule has 104 valence electrons. The molecule has 0 spiro atoms. The first-order valence-electron chi connectivity index (χ1n) is 6.00. The molecular formula is C13H17FN2O3. The molecule has 0 radical (unpaired) electrons. The number of hydrogen-bond donors (Lipinski definition) is 3. The molecule has 6 heteroatoms. The lowest BCUT2D eigenvalue weighted by Gasteiger charge is -2.12. The lowest BCUT2D eigenvalue weighted by Crippen LogP contribution is -2.21. The van der Waals surface area contributed by atoms with Gasteiger partial charge >= 0.3 is 5.97 Å². The quantitative estimate of drug-likeness (QED) is 0.734. The van der Waals surface area contributed by atoms with Crippen LogP contribution in [0.25, 0.3) is 0 Å². The third-order valence-electron chi connectivity index (χ3n) is 2.87. The van der Waals surface area contributed by atoms with Crippen molar-refractivity contribution in [2.24, 2.45) is 11.7 Å². The highest BCUT2D eigenvalue weighted by Gasteiger charge is 2.14. The summed E-state index contributed by atoms with van der Waals surface area (Å²) in [5, 5.41) is 11.3. The van der Waals surface area contributed by atoms with Crippen molar-refractivity contribution in [3.8, 4) is 0 Å². The van der Waals surface area contributed by atoms with Crippen molar-refractivity contribution < 1.29 is 19.1 Å². The molecule has 0 aliphatic rings. The van der Waals surface area contributed by atoms with Crippen LogP contribution < -0.4 is 11.1 Å². The molecule has 0 saturated heterocycles. The Morgan fingerprint density at radius 2 is 2.16 bits per heavy atom. The third kappa shape index (κ3) is 4.33. The van der Waals surface area contributed by atoms with Crippen LogP contribution in [0, 0.1) is 11.7 Å². The van der Waals surface area contributed by atoms with E-state index in [9.17, 15) is 14.0 Å². The summed E-state index contributed by atoms with van der Waals surface area (Å²) in [5.41, 5.74) is 5.29. The zero-order chi connectivity index (χ0) is 14.4. The molecule has 0 aliphatic heterocycles. The summed E-state index contributed by atoms with van der Waals surface area (Å²) < 4.78 is 13.2. The predicted octanol–water partition coefficient (Wildman–Crippen LogP) is 1.84. The van der Waals surface area contributed by atoms with Gasteiger partial charge in [0.25, 0.3) is 0 Å². The molecule has 1 aromatic carbocycles. The second-order valence-corrected chi connectivity index (χ2v) is 4.26. The van der Waals surface area contributed by atoms with Gasteiger partial charge < -0.3 is 16.2 Å². The standard InChI is InChI=1S/C13H17FN2O3/c1-2-8(7-15)5-12(17)16-9-3-4-11(14)10(6-9)13(18)19/h3-4,6,8H,2,5,7,15H2,1H3,(H,16,17)(H,18,19). The molecule has 0 saturated carbocycles. The predicted molar refractivity (Wildman–Crippen MR) is 69.4 cm³/mol. The van der Waals surface area contributed by atoms with Gasteiger partial charge in [-0.05, 0) is 30.7 Å². The minimum Gasteiger partial charge on any atom is -0.478 e. The fraction of sp³-hybridized carbons (Fsp3) is 0.385. The van der Waals surface area contributed by atoms with Crippen molar-refractivity contribution in [2.45, 2.75) is 19.8 Å². The van der Waals surface area contributed by atoms with Crippen LogP contribution in [0.5, 0.6) is 0 Å². The van der Waals surface area contributed by atoms with Gasteiger partial charge in [-0.2, -0.15) is 0 Å². The average molecular weight is 268 g/mol. The van der Waals surface area contributed by atoms with Gasteiger partial charge in [0, 0.05) is 12.1 Å². The van der Waals surface area contributed by atoms with Gasteiger partial charge in [-0.15, -0.1) is 0 Å². The highest BCUT2D eigenvalue weighted by Crippen LogP contribution is 2.16. The van der Waals surface area contributed by atoms with Crippen molar-refractivity contribution >= 4 is 17.6 Å². The Kier molecular flexibility index (Phi) is 5.44. The Balaban J connectivity index is 2.74. The first-order valence-corrected chi connectivity index (χ1v) is 6.00. The largest absolute Gasteiger partial charge is 0.478 e. The molecule has 1 unspecified atom stereocenters. The summed E-state index contributed by atoms with van der Waals surface area (Å²) in [6.45, 7) is 2.35. The van der Waals surface area contributed by atoms with E-state index in [0.29, 0.717) is 6.54 Å². The van der Waals surface area contributed by atoms with Crippen LogP contribution in [-0.2, 0) is 4.79 Å². The summed E-state index contributed by atoms with van der Waals surface area (Å²) >= 11 is 0. The zero-order valence-electron chi connectivity index (χ0n) is 10.6. The second kappa shape index (κ2) is 6.84. The maximum absolute atomic E-state index is 13.2. The van der Waals surface area contributed by atoms with E-state index in [2.05, 4.69) is 5.32 Å². The maximum atomic E-state index is 13.2. The van der Waals surface area contributed by atoms with Crippen LogP contribution in [0.3, 0.4) is 0 Å². The minimum atomic E-state index is -1.37. The Labute approximate surface area is 110 Å². The van der Waals surface area contributed by atoms with Crippen molar-refractivity contribution in [1.29, 1.82) is 0 Å². The SMILES string of the molecule is CCC(CN)CC(=O)Nc1ccc(F)c(C(=O)O)c1. The number of anilines is 1. The molecule has 1 atom stereocenters. The normalized spacial score (nSPS) is 11.9. The second-order valence-electron chi connectivity index (χ2n) is 4.26. The van der Waals surface area contributed by atoms with E-state index in [1.54, 1.807) is 0 Å². The molecule has 0 heterocycles. The van der Waals surface area contributed by atoms with E-state index in [-0.39, 0.29) is 23.9 Å². The van der Waals surface area contributed by atoms with Crippen molar-refractivity contribution in [2.75, 3.05) is 11.9 Å². The third-order valence-corrected chi connectivity index (χ3v) is 2.87. The van der Waals surface area contributed by atoms with E-state index >= 15 is 0 Å². The van der Waals surface area contributed by atoms with Gasteiger partial charge in [0.1, 0.15) is 5.82 Å². The summed E-state index contributed by atoms with van der Waals surface area (Å²) in [6.07, 6.45) is 1.04. The van der Waals surface area contributed by atoms with Crippen LogP contribution in [0.4, 0.5) is 10.1 Å². The molecule has 5 nitrogen and oxygen atoms in total.